The van der Waals surface area contributed by atoms with E-state index < -0.39 is 0 Å². The van der Waals surface area contributed by atoms with Gasteiger partial charge in [0, 0.05) is 49.9 Å². The molecule has 168 valence electrons. The third kappa shape index (κ3) is 4.68. The van der Waals surface area contributed by atoms with Gasteiger partial charge in [-0.3, -0.25) is 18.7 Å². The Morgan fingerprint density at radius 2 is 1.65 bits per heavy atom. The first-order valence-corrected chi connectivity index (χ1v) is 10.8. The van der Waals surface area contributed by atoms with Crippen molar-refractivity contribution in [1.29, 1.82) is 0 Å². The zero-order chi connectivity index (χ0) is 22.7. The highest BCUT2D eigenvalue weighted by Gasteiger charge is 2.24. The van der Waals surface area contributed by atoms with Gasteiger partial charge in [-0.1, -0.05) is 6.07 Å². The monoisotopic (exact) mass is 428 g/mol. The molecule has 1 fully saturated rings. The van der Waals surface area contributed by atoms with Crippen LogP contribution in [0.1, 0.15) is 56.6 Å². The molecule has 0 saturated carbocycles. The number of hydrogen-bond acceptors (Lipinski definition) is 5. The summed E-state index contributed by atoms with van der Waals surface area (Å²) in [5, 5.41) is 0. The average molecular weight is 429 g/mol. The van der Waals surface area contributed by atoms with Gasteiger partial charge in [-0.05, 0) is 52.3 Å². The van der Waals surface area contributed by atoms with Crippen molar-refractivity contribution in [1.82, 2.24) is 14.0 Å². The second kappa shape index (κ2) is 9.41. The zero-order valence-electron chi connectivity index (χ0n) is 19.0. The van der Waals surface area contributed by atoms with Crippen LogP contribution in [0.3, 0.4) is 0 Å². The molecule has 3 rings (SSSR count). The average Bonchev–Trinajstić information content (AvgIpc) is 2.98. The van der Waals surface area contributed by atoms with Gasteiger partial charge in [0.25, 0.3) is 11.5 Å². The normalized spacial score (nSPS) is 14.8. The molecule has 0 unspecified atom stereocenters. The van der Waals surface area contributed by atoms with Crippen molar-refractivity contribution in [3.8, 4) is 5.75 Å². The van der Waals surface area contributed by atoms with Crippen LogP contribution in [0.4, 0.5) is 5.82 Å². The number of rotatable bonds is 5. The van der Waals surface area contributed by atoms with Crippen LogP contribution in [0.5, 0.6) is 5.75 Å². The summed E-state index contributed by atoms with van der Waals surface area (Å²) in [5.74, 6) is 1.23. The molecular formula is C23H32N4O4. The van der Waals surface area contributed by atoms with Crippen molar-refractivity contribution in [2.24, 2.45) is 0 Å². The van der Waals surface area contributed by atoms with Crippen LogP contribution in [0.15, 0.2) is 39.9 Å². The third-order valence-electron chi connectivity index (χ3n) is 5.61. The van der Waals surface area contributed by atoms with Crippen molar-refractivity contribution in [2.75, 3.05) is 38.2 Å². The van der Waals surface area contributed by atoms with E-state index in [0.717, 1.165) is 6.42 Å². The molecule has 0 atom stereocenters. The lowest BCUT2D eigenvalue weighted by Gasteiger charge is -2.28. The summed E-state index contributed by atoms with van der Waals surface area (Å²) < 4.78 is 8.21. The molecule has 2 aromatic rings. The molecule has 8 nitrogen and oxygen atoms in total. The van der Waals surface area contributed by atoms with Crippen molar-refractivity contribution < 1.29 is 9.53 Å². The fourth-order valence-corrected chi connectivity index (χ4v) is 4.05. The Morgan fingerprint density at radius 3 is 2.29 bits per heavy atom. The molecule has 1 aromatic carbocycles. The highest BCUT2D eigenvalue weighted by molar-refractivity contribution is 5.94. The van der Waals surface area contributed by atoms with Crippen molar-refractivity contribution in [3.63, 3.8) is 0 Å². The maximum Gasteiger partial charge on any atom is 0.333 e. The van der Waals surface area contributed by atoms with E-state index in [4.69, 9.17) is 4.74 Å². The van der Waals surface area contributed by atoms with Crippen molar-refractivity contribution in [2.45, 2.75) is 46.2 Å². The predicted octanol–water partition coefficient (Wildman–Crippen LogP) is 2.53. The van der Waals surface area contributed by atoms with Gasteiger partial charge in [0.15, 0.2) is 0 Å². The molecule has 31 heavy (non-hydrogen) atoms. The van der Waals surface area contributed by atoms with Gasteiger partial charge in [-0.2, -0.15) is 0 Å². The molecule has 1 aliphatic rings. The van der Waals surface area contributed by atoms with E-state index in [0.29, 0.717) is 43.3 Å². The van der Waals surface area contributed by atoms with E-state index in [9.17, 15) is 14.4 Å². The molecule has 1 aromatic heterocycles. The minimum atomic E-state index is -0.291. The second-order valence-corrected chi connectivity index (χ2v) is 8.42. The van der Waals surface area contributed by atoms with Crippen LogP contribution in [0.25, 0.3) is 0 Å². The molecule has 0 N–H and O–H groups in total. The summed E-state index contributed by atoms with van der Waals surface area (Å²) in [6.45, 7) is 9.89. The van der Waals surface area contributed by atoms with E-state index in [-0.39, 0.29) is 29.2 Å². The van der Waals surface area contributed by atoms with Crippen LogP contribution in [-0.2, 0) is 0 Å². The maximum absolute atomic E-state index is 13.1. The third-order valence-corrected chi connectivity index (χ3v) is 5.61. The number of aromatic nitrogens is 2. The number of anilines is 1. The van der Waals surface area contributed by atoms with E-state index in [1.807, 2.05) is 43.6 Å². The summed E-state index contributed by atoms with van der Waals surface area (Å²) >= 11 is 0. The number of methoxy groups -OCH3 is 1. The van der Waals surface area contributed by atoms with Gasteiger partial charge in [-0.25, -0.2) is 4.79 Å². The number of amides is 1. The Labute approximate surface area is 182 Å². The summed E-state index contributed by atoms with van der Waals surface area (Å²) in [7, 11) is 1.58. The highest BCUT2D eigenvalue weighted by atomic mass is 16.5. The molecule has 0 aliphatic carbocycles. The Kier molecular flexibility index (Phi) is 6.87. The molecule has 1 amide bonds. The van der Waals surface area contributed by atoms with E-state index >= 15 is 0 Å². The number of carbonyl (C=O) groups excluding carboxylic acids is 1. The number of ether oxygens (including phenoxy) is 1. The molecule has 2 heterocycles. The topological polar surface area (TPSA) is 76.8 Å². The standard InChI is InChI=1S/C23H32N4O4/c1-16(2)26-20(15-21(28)27(17(3)4)23(26)30)24-10-7-11-25(13-12-24)22(29)18-8-6-9-19(14-18)31-5/h6,8-9,14-17H,7,10-13H2,1-5H3. The Bertz CT molecular complexity index is 1050. The Balaban J connectivity index is 1.88. The molecule has 8 heteroatoms. The highest BCUT2D eigenvalue weighted by Crippen LogP contribution is 2.20. The molecule has 0 spiro atoms. The number of carbonyl (C=O) groups is 1. The van der Waals surface area contributed by atoms with Crippen LogP contribution in [0.2, 0.25) is 0 Å². The fourth-order valence-electron chi connectivity index (χ4n) is 4.05. The van der Waals surface area contributed by atoms with Crippen LogP contribution in [0, 0.1) is 0 Å². The maximum atomic E-state index is 13.1. The fraction of sp³-hybridized carbons (Fsp3) is 0.522. The molecule has 0 radical (unpaired) electrons. The number of benzene rings is 1. The van der Waals surface area contributed by atoms with Crippen LogP contribution >= 0.6 is 0 Å². The van der Waals surface area contributed by atoms with E-state index in [2.05, 4.69) is 0 Å². The largest absolute Gasteiger partial charge is 0.497 e. The van der Waals surface area contributed by atoms with Gasteiger partial charge < -0.3 is 14.5 Å². The lowest BCUT2D eigenvalue weighted by molar-refractivity contribution is 0.0766. The smallest absolute Gasteiger partial charge is 0.333 e. The number of nitrogens with zero attached hydrogens (tertiary/aromatic N) is 4. The Hall–Kier alpha value is -3.03. The quantitative estimate of drug-likeness (QED) is 0.732. The van der Waals surface area contributed by atoms with Gasteiger partial charge in [0.05, 0.1) is 7.11 Å². The van der Waals surface area contributed by atoms with Crippen LogP contribution in [-0.4, -0.2) is 53.2 Å². The van der Waals surface area contributed by atoms with Gasteiger partial charge in [-0.15, -0.1) is 0 Å². The van der Waals surface area contributed by atoms with Crippen molar-refractivity contribution in [3.05, 3.63) is 56.7 Å². The van der Waals surface area contributed by atoms with Gasteiger partial charge >= 0.3 is 5.69 Å². The first-order valence-electron chi connectivity index (χ1n) is 10.8. The molecular weight excluding hydrogens is 396 g/mol. The molecule has 0 bridgehead atoms. The zero-order valence-corrected chi connectivity index (χ0v) is 19.0. The van der Waals surface area contributed by atoms with E-state index in [1.165, 1.54) is 4.57 Å². The summed E-state index contributed by atoms with van der Waals surface area (Å²) in [6.07, 6.45) is 0.745. The first kappa shape index (κ1) is 22.7. The minimum absolute atomic E-state index is 0.0442. The lowest BCUT2D eigenvalue weighted by Crippen LogP contribution is -2.45. The lowest BCUT2D eigenvalue weighted by atomic mass is 10.2. The van der Waals surface area contributed by atoms with Crippen molar-refractivity contribution >= 4 is 11.7 Å². The summed E-state index contributed by atoms with van der Waals surface area (Å²) in [4.78, 5) is 42.6. The number of hydrogen-bond donors (Lipinski definition) is 0. The summed E-state index contributed by atoms with van der Waals surface area (Å²) in [5.41, 5.74) is 0.00735. The predicted molar refractivity (Wildman–Crippen MR) is 121 cm³/mol. The SMILES string of the molecule is COc1cccc(C(=O)N2CCCN(c3cc(=O)n(C(C)C)c(=O)n3C(C)C)CC2)c1. The van der Waals surface area contributed by atoms with Gasteiger partial charge in [0.2, 0.25) is 0 Å². The van der Waals surface area contributed by atoms with Gasteiger partial charge in [0.1, 0.15) is 11.6 Å². The first-order chi connectivity index (χ1) is 14.7. The van der Waals surface area contributed by atoms with Crippen LogP contribution < -0.4 is 20.9 Å². The molecule has 1 saturated heterocycles. The Morgan fingerprint density at radius 1 is 0.935 bits per heavy atom. The van der Waals surface area contributed by atoms with E-state index in [1.54, 1.807) is 35.9 Å². The summed E-state index contributed by atoms with van der Waals surface area (Å²) in [6, 6.07) is 8.40. The second-order valence-electron chi connectivity index (χ2n) is 8.42. The molecule has 1 aliphatic heterocycles. The minimum Gasteiger partial charge on any atom is -0.497 e.